The molecular weight excluding hydrogens is 247 g/mol. The third-order valence-electron chi connectivity index (χ3n) is 2.80. The zero-order valence-electron chi connectivity index (χ0n) is 10.2. The Balaban J connectivity index is 2.38. The van der Waals surface area contributed by atoms with Gasteiger partial charge in [0.25, 0.3) is 0 Å². The number of aryl methyl sites for hydroxylation is 1. The van der Waals surface area contributed by atoms with E-state index in [0.29, 0.717) is 11.1 Å². The maximum atomic E-state index is 13.2. The maximum Gasteiger partial charge on any atom is 0.193 e. The number of hydrogen-bond donors (Lipinski definition) is 0. The number of rotatable bonds is 3. The quantitative estimate of drug-likeness (QED) is 0.611. The molecule has 0 heterocycles. The molecule has 0 saturated carbocycles. The lowest BCUT2D eigenvalue weighted by molar-refractivity contribution is 0.103. The lowest BCUT2D eigenvalue weighted by Gasteiger charge is -2.06. The van der Waals surface area contributed by atoms with Gasteiger partial charge in [-0.3, -0.25) is 4.79 Å². The van der Waals surface area contributed by atoms with E-state index >= 15 is 0 Å². The topological polar surface area (TPSA) is 17.1 Å². The minimum atomic E-state index is -0.385. The number of hydrogen-bond acceptors (Lipinski definition) is 2. The van der Waals surface area contributed by atoms with Gasteiger partial charge in [-0.1, -0.05) is 6.07 Å². The van der Waals surface area contributed by atoms with Crippen LogP contribution in [0.4, 0.5) is 4.39 Å². The van der Waals surface area contributed by atoms with E-state index in [2.05, 4.69) is 0 Å². The summed E-state index contributed by atoms with van der Waals surface area (Å²) in [5.41, 5.74) is 1.80. The van der Waals surface area contributed by atoms with Gasteiger partial charge in [-0.25, -0.2) is 4.39 Å². The Morgan fingerprint density at radius 1 is 1.11 bits per heavy atom. The van der Waals surface area contributed by atoms with Gasteiger partial charge >= 0.3 is 0 Å². The van der Waals surface area contributed by atoms with Crippen LogP contribution in [0.2, 0.25) is 0 Å². The number of halogens is 1. The Kier molecular flexibility index (Phi) is 3.82. The molecule has 0 saturated heterocycles. The Hall–Kier alpha value is -1.61. The average molecular weight is 260 g/mol. The number of ketones is 1. The van der Waals surface area contributed by atoms with E-state index in [-0.39, 0.29) is 11.6 Å². The predicted octanol–water partition coefficient (Wildman–Crippen LogP) is 4.09. The molecule has 0 aliphatic heterocycles. The highest BCUT2D eigenvalue weighted by Gasteiger charge is 2.12. The molecule has 3 heteroatoms. The van der Waals surface area contributed by atoms with Crippen molar-refractivity contribution >= 4 is 17.5 Å². The van der Waals surface area contributed by atoms with Crippen LogP contribution >= 0.6 is 11.8 Å². The second-order valence-corrected chi connectivity index (χ2v) is 4.90. The lowest BCUT2D eigenvalue weighted by atomic mass is 9.99. The average Bonchev–Trinajstić information content (AvgIpc) is 2.41. The van der Waals surface area contributed by atoms with Crippen molar-refractivity contribution in [2.24, 2.45) is 0 Å². The summed E-state index contributed by atoms with van der Waals surface area (Å²) in [5.74, 6) is -0.524. The number of benzene rings is 2. The molecule has 2 aromatic carbocycles. The molecule has 1 nitrogen and oxygen atoms in total. The predicted molar refractivity (Wildman–Crippen MR) is 72.8 cm³/mol. The summed E-state index contributed by atoms with van der Waals surface area (Å²) in [5, 5.41) is 0. The molecule has 0 N–H and O–H groups in total. The van der Waals surface area contributed by atoms with Crippen LogP contribution in [0.15, 0.2) is 47.4 Å². The Morgan fingerprint density at radius 3 is 2.39 bits per heavy atom. The molecule has 0 aliphatic rings. The standard InChI is InChI=1S/C15H13FOS/c1-10-3-6-12(16)9-14(10)15(17)11-4-7-13(18-2)8-5-11/h3-9H,1-2H3. The summed E-state index contributed by atoms with van der Waals surface area (Å²) in [6.07, 6.45) is 1.98. The molecule has 0 bridgehead atoms. The molecule has 2 rings (SSSR count). The third kappa shape index (κ3) is 2.62. The van der Waals surface area contributed by atoms with Crippen LogP contribution in [0, 0.1) is 12.7 Å². The molecule has 92 valence electrons. The molecule has 0 unspecified atom stereocenters. The van der Waals surface area contributed by atoms with Crippen molar-refractivity contribution in [2.75, 3.05) is 6.26 Å². The smallest absolute Gasteiger partial charge is 0.193 e. The van der Waals surface area contributed by atoms with Gasteiger partial charge in [-0.2, -0.15) is 0 Å². The number of carbonyl (C=O) groups excluding carboxylic acids is 1. The summed E-state index contributed by atoms with van der Waals surface area (Å²) in [7, 11) is 0. The summed E-state index contributed by atoms with van der Waals surface area (Å²) in [6, 6.07) is 11.6. The van der Waals surface area contributed by atoms with Gasteiger partial charge in [-0.15, -0.1) is 11.8 Å². The van der Waals surface area contributed by atoms with Gasteiger partial charge in [-0.05, 0) is 55.1 Å². The first kappa shape index (κ1) is 12.8. The van der Waals surface area contributed by atoms with Crippen molar-refractivity contribution in [3.05, 3.63) is 65.0 Å². The molecule has 0 aliphatic carbocycles. The second-order valence-electron chi connectivity index (χ2n) is 4.02. The Morgan fingerprint density at radius 2 is 1.78 bits per heavy atom. The van der Waals surface area contributed by atoms with E-state index in [1.54, 1.807) is 30.0 Å². The van der Waals surface area contributed by atoms with Crippen molar-refractivity contribution in [2.45, 2.75) is 11.8 Å². The maximum absolute atomic E-state index is 13.2. The van der Waals surface area contributed by atoms with Crippen LogP contribution in [-0.2, 0) is 0 Å². The van der Waals surface area contributed by atoms with Gasteiger partial charge in [0.1, 0.15) is 5.82 Å². The summed E-state index contributed by atoms with van der Waals surface area (Å²) in [6.45, 7) is 1.81. The zero-order chi connectivity index (χ0) is 13.1. The van der Waals surface area contributed by atoms with E-state index in [1.807, 2.05) is 25.3 Å². The fraction of sp³-hybridized carbons (Fsp3) is 0.133. The molecule has 0 spiro atoms. The first-order valence-electron chi connectivity index (χ1n) is 5.56. The normalized spacial score (nSPS) is 10.4. The first-order valence-corrected chi connectivity index (χ1v) is 6.79. The van der Waals surface area contributed by atoms with E-state index in [0.717, 1.165) is 10.5 Å². The first-order chi connectivity index (χ1) is 8.61. The highest BCUT2D eigenvalue weighted by molar-refractivity contribution is 7.98. The molecule has 0 radical (unpaired) electrons. The summed E-state index contributed by atoms with van der Waals surface area (Å²) in [4.78, 5) is 13.3. The largest absolute Gasteiger partial charge is 0.289 e. The Labute approximate surface area is 110 Å². The van der Waals surface area contributed by atoms with Crippen molar-refractivity contribution in [1.29, 1.82) is 0 Å². The van der Waals surface area contributed by atoms with Crippen molar-refractivity contribution < 1.29 is 9.18 Å². The molecule has 0 aromatic heterocycles. The van der Waals surface area contributed by atoms with Crippen LogP contribution < -0.4 is 0 Å². The monoisotopic (exact) mass is 260 g/mol. The van der Waals surface area contributed by atoms with E-state index in [9.17, 15) is 9.18 Å². The van der Waals surface area contributed by atoms with Crippen LogP contribution in [0.5, 0.6) is 0 Å². The van der Waals surface area contributed by atoms with Gasteiger partial charge in [0, 0.05) is 16.0 Å². The number of thioether (sulfide) groups is 1. The van der Waals surface area contributed by atoms with Gasteiger partial charge < -0.3 is 0 Å². The van der Waals surface area contributed by atoms with E-state index in [4.69, 9.17) is 0 Å². The molecule has 18 heavy (non-hydrogen) atoms. The summed E-state index contributed by atoms with van der Waals surface area (Å²) < 4.78 is 13.2. The minimum Gasteiger partial charge on any atom is -0.289 e. The fourth-order valence-corrected chi connectivity index (χ4v) is 2.14. The van der Waals surface area contributed by atoms with Crippen molar-refractivity contribution in [3.8, 4) is 0 Å². The van der Waals surface area contributed by atoms with Crippen LogP contribution in [0.3, 0.4) is 0 Å². The molecule has 0 amide bonds. The SMILES string of the molecule is CSc1ccc(C(=O)c2cc(F)ccc2C)cc1. The van der Waals surface area contributed by atoms with E-state index < -0.39 is 0 Å². The summed E-state index contributed by atoms with van der Waals surface area (Å²) >= 11 is 1.62. The minimum absolute atomic E-state index is 0.139. The van der Waals surface area contributed by atoms with Crippen LogP contribution in [-0.4, -0.2) is 12.0 Å². The fourth-order valence-electron chi connectivity index (χ4n) is 1.74. The van der Waals surface area contributed by atoms with Crippen LogP contribution in [0.25, 0.3) is 0 Å². The lowest BCUT2D eigenvalue weighted by Crippen LogP contribution is -2.04. The van der Waals surface area contributed by atoms with Crippen molar-refractivity contribution in [1.82, 2.24) is 0 Å². The molecular formula is C15H13FOS. The van der Waals surface area contributed by atoms with Crippen LogP contribution in [0.1, 0.15) is 21.5 Å². The van der Waals surface area contributed by atoms with Gasteiger partial charge in [0.2, 0.25) is 0 Å². The molecule has 0 fully saturated rings. The highest BCUT2D eigenvalue weighted by atomic mass is 32.2. The van der Waals surface area contributed by atoms with E-state index in [1.165, 1.54) is 12.1 Å². The van der Waals surface area contributed by atoms with Crippen molar-refractivity contribution in [3.63, 3.8) is 0 Å². The van der Waals surface area contributed by atoms with Gasteiger partial charge in [0.15, 0.2) is 5.78 Å². The Bertz CT molecular complexity index is 576. The zero-order valence-corrected chi connectivity index (χ0v) is 11.1. The highest BCUT2D eigenvalue weighted by Crippen LogP contribution is 2.19. The second kappa shape index (κ2) is 5.36. The third-order valence-corrected chi connectivity index (χ3v) is 3.54. The molecule has 2 aromatic rings. The van der Waals surface area contributed by atoms with Gasteiger partial charge in [0.05, 0.1) is 0 Å². The number of carbonyl (C=O) groups is 1. The molecule has 0 atom stereocenters.